The molecule has 0 radical (unpaired) electrons. The number of hydrogen-bond acceptors (Lipinski definition) is 1. The van der Waals surface area contributed by atoms with Crippen LogP contribution in [-0.4, -0.2) is 5.78 Å². The average molecular weight is 405 g/mol. The Morgan fingerprint density at radius 2 is 1.53 bits per heavy atom. The number of hydrogen-bond donors (Lipinski definition) is 0. The fourth-order valence-electron chi connectivity index (χ4n) is 5.19. The van der Waals surface area contributed by atoms with Gasteiger partial charge in [-0.1, -0.05) is 101 Å². The lowest BCUT2D eigenvalue weighted by Gasteiger charge is -2.34. The molecule has 3 unspecified atom stereocenters. The molecule has 2 aromatic rings. The van der Waals surface area contributed by atoms with E-state index in [1.165, 1.54) is 74.5 Å². The Balaban J connectivity index is 1.55. The van der Waals surface area contributed by atoms with Crippen molar-refractivity contribution in [3.05, 3.63) is 59.7 Å². The highest BCUT2D eigenvalue weighted by molar-refractivity contribution is 5.96. The standard InChI is InChI=1S/C29H40O/c1-4-6-7-9-23-10-13-25(14-11-23)26-16-18-27(19-17-26)29(30)21-28-15-12-24(8-5-2)20-22(28)3/h10-11,13-14,16-19,22,24,28H,4-9,12,15,20-21H2,1-3H3. The molecule has 0 spiro atoms. The molecule has 0 aromatic heterocycles. The second-order valence-electron chi connectivity index (χ2n) is 9.56. The van der Waals surface area contributed by atoms with Crippen molar-refractivity contribution >= 4 is 5.78 Å². The van der Waals surface area contributed by atoms with Crippen molar-refractivity contribution in [2.75, 3.05) is 0 Å². The van der Waals surface area contributed by atoms with Crippen LogP contribution < -0.4 is 0 Å². The zero-order chi connectivity index (χ0) is 21.3. The van der Waals surface area contributed by atoms with Gasteiger partial charge in [0.15, 0.2) is 5.78 Å². The lowest BCUT2D eigenvalue weighted by atomic mass is 9.71. The Labute approximate surface area is 184 Å². The molecule has 0 aliphatic heterocycles. The van der Waals surface area contributed by atoms with Crippen LogP contribution in [0.2, 0.25) is 0 Å². The Bertz CT molecular complexity index is 771. The van der Waals surface area contributed by atoms with E-state index >= 15 is 0 Å². The molecule has 1 aliphatic carbocycles. The molecule has 30 heavy (non-hydrogen) atoms. The van der Waals surface area contributed by atoms with Gasteiger partial charge in [0.2, 0.25) is 0 Å². The Kier molecular flexibility index (Phi) is 8.73. The van der Waals surface area contributed by atoms with Crippen LogP contribution in [-0.2, 0) is 6.42 Å². The van der Waals surface area contributed by atoms with Crippen LogP contribution >= 0.6 is 0 Å². The highest BCUT2D eigenvalue weighted by Crippen LogP contribution is 2.38. The monoisotopic (exact) mass is 404 g/mol. The predicted octanol–water partition coefficient (Wildman–Crippen LogP) is 8.51. The van der Waals surface area contributed by atoms with E-state index in [-0.39, 0.29) is 0 Å². The second-order valence-corrected chi connectivity index (χ2v) is 9.56. The van der Waals surface area contributed by atoms with E-state index in [9.17, 15) is 4.79 Å². The quantitative estimate of drug-likeness (QED) is 0.286. The van der Waals surface area contributed by atoms with E-state index in [1.54, 1.807) is 0 Å². The van der Waals surface area contributed by atoms with Gasteiger partial charge in [0.1, 0.15) is 0 Å². The highest BCUT2D eigenvalue weighted by atomic mass is 16.1. The van der Waals surface area contributed by atoms with Gasteiger partial charge in [-0.2, -0.15) is 0 Å². The Hall–Kier alpha value is -1.89. The van der Waals surface area contributed by atoms with Crippen molar-refractivity contribution in [3.8, 4) is 11.1 Å². The topological polar surface area (TPSA) is 17.1 Å². The minimum Gasteiger partial charge on any atom is -0.294 e. The molecule has 0 amide bonds. The van der Waals surface area contributed by atoms with Crippen LogP contribution in [0.1, 0.15) is 94.5 Å². The van der Waals surface area contributed by atoms with Gasteiger partial charge in [-0.05, 0) is 60.1 Å². The lowest BCUT2D eigenvalue weighted by molar-refractivity contribution is 0.0904. The van der Waals surface area contributed by atoms with Gasteiger partial charge in [-0.15, -0.1) is 0 Å². The van der Waals surface area contributed by atoms with E-state index in [1.807, 2.05) is 12.1 Å². The van der Waals surface area contributed by atoms with Crippen LogP contribution in [0.5, 0.6) is 0 Å². The molecule has 1 fully saturated rings. The smallest absolute Gasteiger partial charge is 0.163 e. The van der Waals surface area contributed by atoms with Crippen LogP contribution in [0.3, 0.4) is 0 Å². The molecule has 162 valence electrons. The number of benzene rings is 2. The summed E-state index contributed by atoms with van der Waals surface area (Å²) in [6.45, 7) is 6.89. The Morgan fingerprint density at radius 3 is 2.13 bits per heavy atom. The summed E-state index contributed by atoms with van der Waals surface area (Å²) in [6, 6.07) is 17.2. The van der Waals surface area contributed by atoms with E-state index in [0.717, 1.165) is 11.5 Å². The molecule has 0 saturated heterocycles. The van der Waals surface area contributed by atoms with E-state index < -0.39 is 0 Å². The number of carbonyl (C=O) groups is 1. The first kappa shape index (κ1) is 22.8. The fourth-order valence-corrected chi connectivity index (χ4v) is 5.19. The maximum Gasteiger partial charge on any atom is 0.163 e. The first-order valence-electron chi connectivity index (χ1n) is 12.3. The summed E-state index contributed by atoms with van der Waals surface area (Å²) in [7, 11) is 0. The molecular formula is C29H40O. The van der Waals surface area contributed by atoms with Gasteiger partial charge >= 0.3 is 0 Å². The number of ketones is 1. The summed E-state index contributed by atoms with van der Waals surface area (Å²) < 4.78 is 0. The number of Topliss-reactive ketones (excluding diaryl/α,β-unsaturated/α-hetero) is 1. The third kappa shape index (κ3) is 6.30. The average Bonchev–Trinajstić information content (AvgIpc) is 2.77. The lowest BCUT2D eigenvalue weighted by Crippen LogP contribution is -2.25. The minimum atomic E-state index is 0.318. The third-order valence-corrected chi connectivity index (χ3v) is 7.16. The molecule has 1 saturated carbocycles. The molecule has 0 bridgehead atoms. The molecule has 1 aliphatic rings. The largest absolute Gasteiger partial charge is 0.294 e. The van der Waals surface area contributed by atoms with Gasteiger partial charge in [0, 0.05) is 12.0 Å². The zero-order valence-electron chi connectivity index (χ0n) is 19.3. The third-order valence-electron chi connectivity index (χ3n) is 7.16. The van der Waals surface area contributed by atoms with Gasteiger partial charge < -0.3 is 0 Å². The van der Waals surface area contributed by atoms with Crippen molar-refractivity contribution in [2.45, 2.75) is 85.0 Å². The fraction of sp³-hybridized carbons (Fsp3) is 0.552. The second kappa shape index (κ2) is 11.5. The minimum absolute atomic E-state index is 0.318. The first-order chi connectivity index (χ1) is 14.6. The van der Waals surface area contributed by atoms with Crippen LogP contribution in [0.25, 0.3) is 11.1 Å². The van der Waals surface area contributed by atoms with E-state index in [0.29, 0.717) is 24.0 Å². The van der Waals surface area contributed by atoms with E-state index in [4.69, 9.17) is 0 Å². The SMILES string of the molecule is CCCCCc1ccc(-c2ccc(C(=O)CC3CCC(CCC)CC3C)cc2)cc1. The van der Waals surface area contributed by atoms with Gasteiger partial charge in [-0.3, -0.25) is 4.79 Å². The summed E-state index contributed by atoms with van der Waals surface area (Å²) in [5, 5.41) is 0. The van der Waals surface area contributed by atoms with Crippen molar-refractivity contribution in [1.82, 2.24) is 0 Å². The molecule has 2 aromatic carbocycles. The molecule has 0 N–H and O–H groups in total. The summed E-state index contributed by atoms with van der Waals surface area (Å²) >= 11 is 0. The molecule has 1 nitrogen and oxygen atoms in total. The number of rotatable bonds is 10. The maximum atomic E-state index is 12.9. The van der Waals surface area contributed by atoms with Gasteiger partial charge in [0.25, 0.3) is 0 Å². The normalized spacial score (nSPS) is 21.5. The maximum absolute atomic E-state index is 12.9. The van der Waals surface area contributed by atoms with E-state index in [2.05, 4.69) is 57.2 Å². The molecule has 3 rings (SSSR count). The summed E-state index contributed by atoms with van der Waals surface area (Å²) in [4.78, 5) is 12.9. The van der Waals surface area contributed by atoms with Crippen LogP contribution in [0.15, 0.2) is 48.5 Å². The summed E-state index contributed by atoms with van der Waals surface area (Å²) in [5.41, 5.74) is 4.72. The highest BCUT2D eigenvalue weighted by Gasteiger charge is 2.28. The predicted molar refractivity (Wildman–Crippen MR) is 129 cm³/mol. The summed E-state index contributed by atoms with van der Waals surface area (Å²) in [5.74, 6) is 2.44. The van der Waals surface area contributed by atoms with Crippen molar-refractivity contribution in [2.24, 2.45) is 17.8 Å². The zero-order valence-corrected chi connectivity index (χ0v) is 19.3. The van der Waals surface area contributed by atoms with Crippen LogP contribution in [0, 0.1) is 17.8 Å². The number of carbonyl (C=O) groups excluding carboxylic acids is 1. The first-order valence-corrected chi connectivity index (χ1v) is 12.3. The molecule has 1 heteroatoms. The van der Waals surface area contributed by atoms with Gasteiger partial charge in [-0.25, -0.2) is 0 Å². The van der Waals surface area contributed by atoms with Crippen molar-refractivity contribution in [3.63, 3.8) is 0 Å². The van der Waals surface area contributed by atoms with Crippen LogP contribution in [0.4, 0.5) is 0 Å². The Morgan fingerprint density at radius 1 is 0.867 bits per heavy atom. The number of unbranched alkanes of at least 4 members (excludes halogenated alkanes) is 2. The molecule has 0 heterocycles. The van der Waals surface area contributed by atoms with Crippen molar-refractivity contribution in [1.29, 1.82) is 0 Å². The van der Waals surface area contributed by atoms with Crippen molar-refractivity contribution < 1.29 is 4.79 Å². The number of aryl methyl sites for hydroxylation is 1. The summed E-state index contributed by atoms with van der Waals surface area (Å²) in [6.07, 6.45) is 12.2. The molecule has 3 atom stereocenters. The molecular weight excluding hydrogens is 364 g/mol. The van der Waals surface area contributed by atoms with Gasteiger partial charge in [0.05, 0.1) is 0 Å².